The summed E-state index contributed by atoms with van der Waals surface area (Å²) in [5.74, 6) is 0.358. The summed E-state index contributed by atoms with van der Waals surface area (Å²) in [5.41, 5.74) is 2.13. The van der Waals surface area contributed by atoms with Crippen molar-refractivity contribution in [3.8, 4) is 0 Å². The molecule has 8 nitrogen and oxygen atoms in total. The van der Waals surface area contributed by atoms with Crippen molar-refractivity contribution in [3.63, 3.8) is 0 Å². The molecule has 146 valence electrons. The normalized spacial score (nSPS) is 14.6. The van der Waals surface area contributed by atoms with Gasteiger partial charge in [-0.15, -0.1) is 5.10 Å². The van der Waals surface area contributed by atoms with E-state index in [4.69, 9.17) is 0 Å². The number of hydrogen-bond donors (Lipinski definition) is 3. The van der Waals surface area contributed by atoms with Gasteiger partial charge in [0.2, 0.25) is 0 Å². The number of carbonyl (C=O) groups is 2. The molecule has 1 fully saturated rings. The number of hydrogen-bond acceptors (Lipinski definition) is 4. The summed E-state index contributed by atoms with van der Waals surface area (Å²) in [6.45, 7) is 5.70. The van der Waals surface area contributed by atoms with Crippen LogP contribution < -0.4 is 16.0 Å². The van der Waals surface area contributed by atoms with Crippen molar-refractivity contribution in [1.82, 2.24) is 30.9 Å². The highest BCUT2D eigenvalue weighted by atomic mass is 16.2. The van der Waals surface area contributed by atoms with Crippen LogP contribution in [0.15, 0.2) is 18.2 Å². The van der Waals surface area contributed by atoms with Gasteiger partial charge in [-0.2, -0.15) is 0 Å². The third-order valence-electron chi connectivity index (χ3n) is 4.75. The first kappa shape index (κ1) is 19.1. The summed E-state index contributed by atoms with van der Waals surface area (Å²) in [6, 6.07) is 5.54. The van der Waals surface area contributed by atoms with Crippen molar-refractivity contribution in [1.29, 1.82) is 0 Å². The van der Waals surface area contributed by atoms with Crippen LogP contribution in [0.3, 0.4) is 0 Å². The monoisotopic (exact) mass is 372 g/mol. The molecule has 0 radical (unpaired) electrons. The third-order valence-corrected chi connectivity index (χ3v) is 4.75. The lowest BCUT2D eigenvalue weighted by Crippen LogP contribution is -2.38. The Kier molecular flexibility index (Phi) is 6.26. The molecule has 1 aromatic heterocycles. The van der Waals surface area contributed by atoms with Crippen molar-refractivity contribution in [3.05, 3.63) is 23.8 Å². The summed E-state index contributed by atoms with van der Waals surface area (Å²) in [7, 11) is 0. The molecule has 0 spiro atoms. The van der Waals surface area contributed by atoms with Crippen LogP contribution >= 0.6 is 0 Å². The van der Waals surface area contributed by atoms with Gasteiger partial charge < -0.3 is 16.0 Å². The fourth-order valence-electron chi connectivity index (χ4n) is 3.25. The van der Waals surface area contributed by atoms with Gasteiger partial charge in [0.05, 0.1) is 12.1 Å². The summed E-state index contributed by atoms with van der Waals surface area (Å²) in [5, 5.41) is 17.0. The van der Waals surface area contributed by atoms with Crippen molar-refractivity contribution in [2.75, 3.05) is 13.1 Å². The summed E-state index contributed by atoms with van der Waals surface area (Å²) >= 11 is 0. The summed E-state index contributed by atoms with van der Waals surface area (Å²) < 4.78 is 1.73. The second kappa shape index (κ2) is 8.83. The van der Waals surface area contributed by atoms with E-state index in [1.54, 1.807) is 16.8 Å². The lowest BCUT2D eigenvalue weighted by Gasteiger charge is -2.11. The molecule has 1 heterocycles. The van der Waals surface area contributed by atoms with Crippen molar-refractivity contribution in [2.24, 2.45) is 5.92 Å². The first-order chi connectivity index (χ1) is 13.0. The maximum Gasteiger partial charge on any atom is 0.314 e. The Hall–Kier alpha value is -2.64. The molecule has 1 aliphatic rings. The van der Waals surface area contributed by atoms with Gasteiger partial charge >= 0.3 is 6.03 Å². The van der Waals surface area contributed by atoms with Gasteiger partial charge in [0.25, 0.3) is 5.91 Å². The third kappa shape index (κ3) is 5.18. The smallest absolute Gasteiger partial charge is 0.314 e. The van der Waals surface area contributed by atoms with Crippen LogP contribution in [0.2, 0.25) is 0 Å². The van der Waals surface area contributed by atoms with E-state index in [0.717, 1.165) is 18.4 Å². The first-order valence-corrected chi connectivity index (χ1v) is 9.68. The number of fused-ring (bicyclic) bond motifs is 1. The molecule has 27 heavy (non-hydrogen) atoms. The highest BCUT2D eigenvalue weighted by Crippen LogP contribution is 2.19. The molecule has 0 bridgehead atoms. The van der Waals surface area contributed by atoms with Crippen LogP contribution in [0.25, 0.3) is 11.0 Å². The zero-order valence-corrected chi connectivity index (χ0v) is 16.0. The van der Waals surface area contributed by atoms with Gasteiger partial charge in [-0.25, -0.2) is 9.48 Å². The number of rotatable bonds is 7. The first-order valence-electron chi connectivity index (χ1n) is 9.68. The lowest BCUT2D eigenvalue weighted by molar-refractivity contribution is 0.0938. The Morgan fingerprint density at radius 2 is 2.00 bits per heavy atom. The number of nitrogens with zero attached hydrogens (tertiary/aromatic N) is 3. The molecular weight excluding hydrogens is 344 g/mol. The van der Waals surface area contributed by atoms with E-state index in [0.29, 0.717) is 36.6 Å². The van der Waals surface area contributed by atoms with Crippen molar-refractivity contribution in [2.45, 2.75) is 52.1 Å². The molecule has 0 unspecified atom stereocenters. The zero-order valence-electron chi connectivity index (χ0n) is 16.0. The second-order valence-corrected chi connectivity index (χ2v) is 7.50. The second-order valence-electron chi connectivity index (χ2n) is 7.50. The number of urea groups is 1. The molecule has 1 saturated carbocycles. The maximum absolute atomic E-state index is 12.4. The van der Waals surface area contributed by atoms with Crippen LogP contribution in [0, 0.1) is 5.92 Å². The predicted molar refractivity (Wildman–Crippen MR) is 103 cm³/mol. The molecule has 3 N–H and O–H groups in total. The fourth-order valence-corrected chi connectivity index (χ4v) is 3.25. The zero-order chi connectivity index (χ0) is 19.2. The number of amides is 3. The summed E-state index contributed by atoms with van der Waals surface area (Å²) in [4.78, 5) is 24.1. The van der Waals surface area contributed by atoms with Crippen LogP contribution in [0.5, 0.6) is 0 Å². The largest absolute Gasteiger partial charge is 0.349 e. The van der Waals surface area contributed by atoms with Gasteiger partial charge in [0.15, 0.2) is 0 Å². The molecule has 8 heteroatoms. The fraction of sp³-hybridized carbons (Fsp3) is 0.579. The Balaban J connectivity index is 1.55. The topological polar surface area (TPSA) is 101 Å². The molecule has 0 aliphatic heterocycles. The summed E-state index contributed by atoms with van der Waals surface area (Å²) in [6.07, 6.45) is 4.48. The maximum atomic E-state index is 12.4. The molecule has 3 rings (SSSR count). The molecule has 1 aliphatic carbocycles. The van der Waals surface area contributed by atoms with Gasteiger partial charge in [-0.1, -0.05) is 31.9 Å². The molecule has 1 aromatic carbocycles. The number of nitrogens with one attached hydrogen (secondary N) is 3. The molecular formula is C19H28N6O2. The minimum absolute atomic E-state index is 0.0539. The lowest BCUT2D eigenvalue weighted by atomic mass is 10.1. The highest BCUT2D eigenvalue weighted by molar-refractivity contribution is 5.97. The molecule has 0 atom stereocenters. The Labute approximate surface area is 159 Å². The Morgan fingerprint density at radius 3 is 2.74 bits per heavy atom. The quantitative estimate of drug-likeness (QED) is 0.692. The Bertz CT molecular complexity index is 795. The van der Waals surface area contributed by atoms with Crippen LogP contribution in [0.4, 0.5) is 4.79 Å². The molecule has 0 saturated heterocycles. The van der Waals surface area contributed by atoms with E-state index in [1.807, 2.05) is 19.9 Å². The number of aromatic nitrogens is 3. The van der Waals surface area contributed by atoms with Gasteiger partial charge in [-0.05, 0) is 37.0 Å². The molecule has 2 aromatic rings. The van der Waals surface area contributed by atoms with Crippen LogP contribution in [0.1, 0.15) is 49.9 Å². The van der Waals surface area contributed by atoms with Crippen molar-refractivity contribution < 1.29 is 9.59 Å². The van der Waals surface area contributed by atoms with Crippen molar-refractivity contribution >= 4 is 23.0 Å². The van der Waals surface area contributed by atoms with Gasteiger partial charge in [0, 0.05) is 24.7 Å². The van der Waals surface area contributed by atoms with Crippen LogP contribution in [-0.2, 0) is 6.54 Å². The van der Waals surface area contributed by atoms with E-state index >= 15 is 0 Å². The predicted octanol–water partition coefficient (Wildman–Crippen LogP) is 2.06. The van der Waals surface area contributed by atoms with Gasteiger partial charge in [0.1, 0.15) is 5.52 Å². The van der Waals surface area contributed by atoms with E-state index < -0.39 is 0 Å². The number of benzene rings is 1. The van der Waals surface area contributed by atoms with Crippen LogP contribution in [-0.4, -0.2) is 46.1 Å². The Morgan fingerprint density at radius 1 is 1.22 bits per heavy atom. The number of carbonyl (C=O) groups excluding carboxylic acids is 2. The van der Waals surface area contributed by atoms with E-state index in [-0.39, 0.29) is 18.0 Å². The minimum Gasteiger partial charge on any atom is -0.349 e. The average molecular weight is 372 g/mol. The molecule has 3 amide bonds. The van der Waals surface area contributed by atoms with Gasteiger partial charge in [-0.3, -0.25) is 4.79 Å². The standard InChI is InChI=1S/C19H28N6O2/c1-13(2)12-21-19(27)20-9-10-25-17-8-7-14(11-16(17)23-24-25)18(26)22-15-5-3-4-6-15/h7-8,11,13,15H,3-6,9-10,12H2,1-2H3,(H,22,26)(H2,20,21,27). The van der Waals surface area contributed by atoms with E-state index in [2.05, 4.69) is 26.3 Å². The highest BCUT2D eigenvalue weighted by Gasteiger charge is 2.18. The van der Waals surface area contributed by atoms with E-state index in [9.17, 15) is 9.59 Å². The minimum atomic E-state index is -0.181. The van der Waals surface area contributed by atoms with E-state index in [1.165, 1.54) is 12.8 Å². The average Bonchev–Trinajstić information content (AvgIpc) is 3.29. The SMILES string of the molecule is CC(C)CNC(=O)NCCn1nnc2cc(C(=O)NC3CCCC3)ccc21.